The van der Waals surface area contributed by atoms with Gasteiger partial charge in [0.15, 0.2) is 0 Å². The molecule has 0 spiro atoms. The molecule has 0 saturated heterocycles. The molecule has 2 rings (SSSR count). The van der Waals surface area contributed by atoms with Crippen molar-refractivity contribution in [3.63, 3.8) is 0 Å². The van der Waals surface area contributed by atoms with Crippen molar-refractivity contribution in [1.29, 1.82) is 0 Å². The Hall–Kier alpha value is -1.68. The highest BCUT2D eigenvalue weighted by molar-refractivity contribution is 9.10. The van der Waals surface area contributed by atoms with Gasteiger partial charge in [0.1, 0.15) is 4.60 Å². The highest BCUT2D eigenvalue weighted by atomic mass is 79.9. The summed E-state index contributed by atoms with van der Waals surface area (Å²) in [7, 11) is 0. The SMILES string of the molecule is Cc1ccc(C(=O)Nc2ccc(Br)nc2C)cc1. The van der Waals surface area contributed by atoms with Crippen LogP contribution in [0.4, 0.5) is 5.69 Å². The van der Waals surface area contributed by atoms with E-state index in [4.69, 9.17) is 0 Å². The Bertz CT molecular complexity index is 579. The first-order chi connectivity index (χ1) is 8.56. The molecule has 0 radical (unpaired) electrons. The summed E-state index contributed by atoms with van der Waals surface area (Å²) in [5, 5.41) is 2.85. The van der Waals surface area contributed by atoms with Gasteiger partial charge < -0.3 is 5.32 Å². The Morgan fingerprint density at radius 1 is 1.11 bits per heavy atom. The third-order valence-corrected chi connectivity index (χ3v) is 3.06. The monoisotopic (exact) mass is 304 g/mol. The number of rotatable bonds is 2. The predicted octanol–water partition coefficient (Wildman–Crippen LogP) is 3.71. The second kappa shape index (κ2) is 5.31. The fraction of sp³-hybridized carbons (Fsp3) is 0.143. The van der Waals surface area contributed by atoms with E-state index in [0.717, 1.165) is 21.5 Å². The van der Waals surface area contributed by atoms with E-state index in [1.165, 1.54) is 0 Å². The number of nitrogens with zero attached hydrogens (tertiary/aromatic N) is 1. The molecule has 1 aromatic carbocycles. The summed E-state index contributed by atoms with van der Waals surface area (Å²) >= 11 is 3.29. The van der Waals surface area contributed by atoms with Crippen LogP contribution in [0.25, 0.3) is 0 Å². The van der Waals surface area contributed by atoms with Gasteiger partial charge in [0.05, 0.1) is 11.4 Å². The van der Waals surface area contributed by atoms with Crippen LogP contribution in [0.15, 0.2) is 41.0 Å². The van der Waals surface area contributed by atoms with Crippen molar-refractivity contribution in [3.05, 3.63) is 57.8 Å². The molecule has 0 unspecified atom stereocenters. The smallest absolute Gasteiger partial charge is 0.255 e. The van der Waals surface area contributed by atoms with E-state index < -0.39 is 0 Å². The van der Waals surface area contributed by atoms with Gasteiger partial charge in [0, 0.05) is 5.56 Å². The maximum absolute atomic E-state index is 12.0. The summed E-state index contributed by atoms with van der Waals surface area (Å²) in [5.41, 5.74) is 3.28. The van der Waals surface area contributed by atoms with E-state index in [2.05, 4.69) is 26.2 Å². The first kappa shape index (κ1) is 12.8. The van der Waals surface area contributed by atoms with Crippen molar-refractivity contribution in [3.8, 4) is 0 Å². The van der Waals surface area contributed by atoms with E-state index in [1.54, 1.807) is 6.07 Å². The van der Waals surface area contributed by atoms with E-state index in [9.17, 15) is 4.79 Å². The second-order valence-corrected chi connectivity index (χ2v) is 4.90. The van der Waals surface area contributed by atoms with Crippen molar-refractivity contribution >= 4 is 27.5 Å². The van der Waals surface area contributed by atoms with E-state index >= 15 is 0 Å². The van der Waals surface area contributed by atoms with Gasteiger partial charge in [-0.15, -0.1) is 0 Å². The van der Waals surface area contributed by atoms with E-state index in [-0.39, 0.29) is 5.91 Å². The number of halogens is 1. The summed E-state index contributed by atoms with van der Waals surface area (Å²) in [5.74, 6) is -0.123. The molecule has 0 aliphatic rings. The Labute approximate surface area is 114 Å². The van der Waals surface area contributed by atoms with Crippen LogP contribution >= 0.6 is 15.9 Å². The second-order valence-electron chi connectivity index (χ2n) is 4.09. The van der Waals surface area contributed by atoms with Crippen LogP contribution in [0.2, 0.25) is 0 Å². The zero-order valence-electron chi connectivity index (χ0n) is 10.2. The number of nitrogens with one attached hydrogen (secondary N) is 1. The standard InChI is InChI=1S/C14H13BrN2O/c1-9-3-5-11(6-4-9)14(18)17-12-7-8-13(15)16-10(12)2/h3-8H,1-2H3,(H,17,18). The minimum Gasteiger partial charge on any atom is -0.320 e. The maximum atomic E-state index is 12.0. The van der Waals surface area contributed by atoms with Crippen LogP contribution in [0.5, 0.6) is 0 Å². The fourth-order valence-corrected chi connectivity index (χ4v) is 1.96. The first-order valence-corrected chi connectivity index (χ1v) is 6.37. The summed E-state index contributed by atoms with van der Waals surface area (Å²) in [6.45, 7) is 3.85. The molecule has 1 N–H and O–H groups in total. The lowest BCUT2D eigenvalue weighted by molar-refractivity contribution is 0.102. The average Bonchev–Trinajstić information content (AvgIpc) is 2.33. The minimum atomic E-state index is -0.123. The summed E-state index contributed by atoms with van der Waals surface area (Å²) in [6, 6.07) is 11.1. The van der Waals surface area contributed by atoms with E-state index in [1.807, 2.05) is 44.2 Å². The van der Waals surface area contributed by atoms with Gasteiger partial charge in [0.2, 0.25) is 0 Å². The van der Waals surface area contributed by atoms with Gasteiger partial charge in [-0.05, 0) is 54.0 Å². The number of aryl methyl sites for hydroxylation is 2. The van der Waals surface area contributed by atoms with Gasteiger partial charge in [-0.1, -0.05) is 17.7 Å². The Morgan fingerprint density at radius 3 is 2.39 bits per heavy atom. The van der Waals surface area contributed by atoms with Gasteiger partial charge in [-0.2, -0.15) is 0 Å². The number of anilines is 1. The molecule has 1 amide bonds. The molecule has 0 atom stereocenters. The number of benzene rings is 1. The molecule has 18 heavy (non-hydrogen) atoms. The highest BCUT2D eigenvalue weighted by Gasteiger charge is 2.08. The molecule has 0 aliphatic carbocycles. The van der Waals surface area contributed by atoms with Gasteiger partial charge in [-0.25, -0.2) is 4.98 Å². The number of pyridine rings is 1. The molecule has 0 saturated carbocycles. The molecule has 92 valence electrons. The molecular formula is C14H13BrN2O. The summed E-state index contributed by atoms with van der Waals surface area (Å²) < 4.78 is 0.758. The summed E-state index contributed by atoms with van der Waals surface area (Å²) in [4.78, 5) is 16.2. The largest absolute Gasteiger partial charge is 0.320 e. The van der Waals surface area contributed by atoms with Crippen molar-refractivity contribution < 1.29 is 4.79 Å². The van der Waals surface area contributed by atoms with Crippen LogP contribution in [0, 0.1) is 13.8 Å². The number of hydrogen-bond donors (Lipinski definition) is 1. The summed E-state index contributed by atoms with van der Waals surface area (Å²) in [6.07, 6.45) is 0. The molecule has 4 heteroatoms. The first-order valence-electron chi connectivity index (χ1n) is 5.57. The molecule has 1 aromatic heterocycles. The lowest BCUT2D eigenvalue weighted by Crippen LogP contribution is -2.13. The van der Waals surface area contributed by atoms with Crippen LogP contribution < -0.4 is 5.32 Å². The van der Waals surface area contributed by atoms with Crippen molar-refractivity contribution in [1.82, 2.24) is 4.98 Å². The topological polar surface area (TPSA) is 42.0 Å². The molecular weight excluding hydrogens is 292 g/mol. The zero-order valence-corrected chi connectivity index (χ0v) is 11.8. The number of amides is 1. The van der Waals surface area contributed by atoms with E-state index in [0.29, 0.717) is 5.56 Å². The lowest BCUT2D eigenvalue weighted by atomic mass is 10.1. The van der Waals surface area contributed by atoms with Crippen LogP contribution in [0.1, 0.15) is 21.6 Å². The molecule has 3 nitrogen and oxygen atoms in total. The minimum absolute atomic E-state index is 0.123. The Balaban J connectivity index is 2.18. The normalized spacial score (nSPS) is 10.2. The third kappa shape index (κ3) is 2.96. The third-order valence-electron chi connectivity index (χ3n) is 2.61. The number of hydrogen-bond acceptors (Lipinski definition) is 2. The lowest BCUT2D eigenvalue weighted by Gasteiger charge is -2.08. The molecule has 0 fully saturated rings. The number of aromatic nitrogens is 1. The number of carbonyl (C=O) groups is 1. The van der Waals surface area contributed by atoms with Crippen LogP contribution in [0.3, 0.4) is 0 Å². The maximum Gasteiger partial charge on any atom is 0.255 e. The van der Waals surface area contributed by atoms with Gasteiger partial charge >= 0.3 is 0 Å². The molecule has 2 aromatic rings. The predicted molar refractivity (Wildman–Crippen MR) is 75.8 cm³/mol. The zero-order chi connectivity index (χ0) is 13.1. The average molecular weight is 305 g/mol. The quantitative estimate of drug-likeness (QED) is 0.859. The van der Waals surface area contributed by atoms with Crippen molar-refractivity contribution in [2.75, 3.05) is 5.32 Å². The fourth-order valence-electron chi connectivity index (χ4n) is 1.56. The van der Waals surface area contributed by atoms with Gasteiger partial charge in [0.25, 0.3) is 5.91 Å². The molecule has 0 aliphatic heterocycles. The Morgan fingerprint density at radius 2 is 1.78 bits per heavy atom. The Kier molecular flexibility index (Phi) is 3.77. The molecule has 1 heterocycles. The molecule has 0 bridgehead atoms. The van der Waals surface area contributed by atoms with Crippen molar-refractivity contribution in [2.24, 2.45) is 0 Å². The van der Waals surface area contributed by atoms with Crippen LogP contribution in [-0.2, 0) is 0 Å². The highest BCUT2D eigenvalue weighted by Crippen LogP contribution is 2.17. The van der Waals surface area contributed by atoms with Crippen molar-refractivity contribution in [2.45, 2.75) is 13.8 Å². The van der Waals surface area contributed by atoms with Gasteiger partial charge in [-0.3, -0.25) is 4.79 Å². The number of carbonyl (C=O) groups excluding carboxylic acids is 1. The van der Waals surface area contributed by atoms with Crippen LogP contribution in [-0.4, -0.2) is 10.9 Å².